The average Bonchev–Trinajstić information content (AvgIpc) is 2.72. The zero-order valence-electron chi connectivity index (χ0n) is 16.0. The summed E-state index contributed by atoms with van der Waals surface area (Å²) >= 11 is 3.41. The van der Waals surface area contributed by atoms with Gasteiger partial charge in [-0.3, -0.25) is 14.5 Å². The second-order valence-corrected chi connectivity index (χ2v) is 8.10. The minimum atomic E-state index is -0.229. The molecule has 0 aromatic heterocycles. The van der Waals surface area contributed by atoms with Crippen molar-refractivity contribution in [3.05, 3.63) is 64.6 Å². The van der Waals surface area contributed by atoms with Gasteiger partial charge in [-0.05, 0) is 56.6 Å². The van der Waals surface area contributed by atoms with Crippen molar-refractivity contribution in [2.24, 2.45) is 5.92 Å². The molecule has 3 rings (SSSR count). The fourth-order valence-electron chi connectivity index (χ4n) is 3.46. The Morgan fingerprint density at radius 3 is 2.50 bits per heavy atom. The quantitative estimate of drug-likeness (QED) is 0.713. The largest absolute Gasteiger partial charge is 0.352 e. The standard InChI is InChI=1S/C22H26BrN3O2/c1-16(21(27)25-20-9-5-8-19(23)14-20)26-12-10-18(11-13-26)22(28)24-15-17-6-3-2-4-7-17/h2-9,14,16,18H,10-13,15H2,1H3,(H,24,28)(H,25,27)/t16-/m1/s1. The van der Waals surface area contributed by atoms with Crippen LogP contribution in [0.25, 0.3) is 0 Å². The maximum Gasteiger partial charge on any atom is 0.241 e. The Hall–Kier alpha value is -2.18. The minimum Gasteiger partial charge on any atom is -0.352 e. The summed E-state index contributed by atoms with van der Waals surface area (Å²) in [6.45, 7) is 3.97. The summed E-state index contributed by atoms with van der Waals surface area (Å²) in [5, 5.41) is 5.99. The number of amides is 2. The van der Waals surface area contributed by atoms with Crippen molar-refractivity contribution in [3.8, 4) is 0 Å². The first-order valence-electron chi connectivity index (χ1n) is 9.65. The van der Waals surface area contributed by atoms with Gasteiger partial charge in [0.05, 0.1) is 6.04 Å². The lowest BCUT2D eigenvalue weighted by molar-refractivity contribution is -0.127. The maximum absolute atomic E-state index is 12.6. The van der Waals surface area contributed by atoms with Crippen LogP contribution in [0.15, 0.2) is 59.1 Å². The van der Waals surface area contributed by atoms with E-state index in [1.165, 1.54) is 0 Å². The number of hydrogen-bond donors (Lipinski definition) is 2. The van der Waals surface area contributed by atoms with Crippen molar-refractivity contribution in [2.45, 2.75) is 32.4 Å². The summed E-state index contributed by atoms with van der Waals surface area (Å²) in [6.07, 6.45) is 1.55. The molecule has 0 saturated carbocycles. The lowest BCUT2D eigenvalue weighted by Gasteiger charge is -2.34. The molecular formula is C22H26BrN3O2. The van der Waals surface area contributed by atoms with Crippen LogP contribution in [-0.2, 0) is 16.1 Å². The molecule has 28 heavy (non-hydrogen) atoms. The Morgan fingerprint density at radius 2 is 1.82 bits per heavy atom. The molecule has 6 heteroatoms. The molecule has 5 nitrogen and oxygen atoms in total. The number of piperidine rings is 1. The fourth-order valence-corrected chi connectivity index (χ4v) is 3.86. The topological polar surface area (TPSA) is 61.4 Å². The SMILES string of the molecule is C[C@H](C(=O)Nc1cccc(Br)c1)N1CCC(C(=O)NCc2ccccc2)CC1. The van der Waals surface area contributed by atoms with E-state index < -0.39 is 0 Å². The number of carbonyl (C=O) groups excluding carboxylic acids is 2. The van der Waals surface area contributed by atoms with Crippen LogP contribution in [0.5, 0.6) is 0 Å². The molecule has 0 radical (unpaired) electrons. The second kappa shape index (κ2) is 9.85. The Balaban J connectivity index is 1.44. The van der Waals surface area contributed by atoms with Gasteiger partial charge in [0, 0.05) is 22.6 Å². The number of likely N-dealkylation sites (tertiary alicyclic amines) is 1. The minimum absolute atomic E-state index is 0.0142. The molecule has 2 aromatic rings. The van der Waals surface area contributed by atoms with Gasteiger partial charge >= 0.3 is 0 Å². The molecular weight excluding hydrogens is 418 g/mol. The molecule has 1 aliphatic heterocycles. The molecule has 148 valence electrons. The molecule has 1 atom stereocenters. The average molecular weight is 444 g/mol. The molecule has 0 unspecified atom stereocenters. The third-order valence-corrected chi connectivity index (χ3v) is 5.72. The molecule has 0 aliphatic carbocycles. The van der Waals surface area contributed by atoms with Crippen molar-refractivity contribution >= 4 is 33.4 Å². The predicted molar refractivity (Wildman–Crippen MR) is 115 cm³/mol. The molecule has 0 bridgehead atoms. The van der Waals surface area contributed by atoms with Crippen LogP contribution in [-0.4, -0.2) is 35.8 Å². The van der Waals surface area contributed by atoms with Gasteiger partial charge in [0.2, 0.25) is 11.8 Å². The molecule has 2 N–H and O–H groups in total. The van der Waals surface area contributed by atoms with Gasteiger partial charge in [0.15, 0.2) is 0 Å². The molecule has 1 fully saturated rings. The van der Waals surface area contributed by atoms with Crippen LogP contribution in [0.2, 0.25) is 0 Å². The number of nitrogens with one attached hydrogen (secondary N) is 2. The van der Waals surface area contributed by atoms with E-state index in [-0.39, 0.29) is 23.8 Å². The van der Waals surface area contributed by atoms with Crippen LogP contribution in [0.1, 0.15) is 25.3 Å². The smallest absolute Gasteiger partial charge is 0.241 e. The first-order chi connectivity index (χ1) is 13.5. The molecule has 2 aromatic carbocycles. The number of anilines is 1. The van der Waals surface area contributed by atoms with Gasteiger partial charge in [-0.1, -0.05) is 52.3 Å². The highest BCUT2D eigenvalue weighted by atomic mass is 79.9. The van der Waals surface area contributed by atoms with Crippen molar-refractivity contribution in [1.82, 2.24) is 10.2 Å². The van der Waals surface area contributed by atoms with E-state index in [0.29, 0.717) is 6.54 Å². The van der Waals surface area contributed by atoms with Gasteiger partial charge in [0.25, 0.3) is 0 Å². The normalized spacial score (nSPS) is 16.4. The highest BCUT2D eigenvalue weighted by molar-refractivity contribution is 9.10. The maximum atomic E-state index is 12.6. The zero-order chi connectivity index (χ0) is 19.9. The second-order valence-electron chi connectivity index (χ2n) is 7.19. The number of benzene rings is 2. The van der Waals surface area contributed by atoms with Gasteiger partial charge in [-0.15, -0.1) is 0 Å². The van der Waals surface area contributed by atoms with Crippen LogP contribution in [0.3, 0.4) is 0 Å². The van der Waals surface area contributed by atoms with Crippen molar-refractivity contribution in [1.29, 1.82) is 0 Å². The third kappa shape index (κ3) is 5.66. The Bertz CT molecular complexity index is 804. The van der Waals surface area contributed by atoms with Gasteiger partial charge in [-0.25, -0.2) is 0 Å². The molecule has 2 amide bonds. The monoisotopic (exact) mass is 443 g/mol. The summed E-state index contributed by atoms with van der Waals surface area (Å²) in [6, 6.07) is 17.3. The Kier molecular flexibility index (Phi) is 7.23. The molecule has 0 spiro atoms. The third-order valence-electron chi connectivity index (χ3n) is 5.23. The zero-order valence-corrected chi connectivity index (χ0v) is 17.6. The van der Waals surface area contributed by atoms with Crippen molar-refractivity contribution < 1.29 is 9.59 Å². The van der Waals surface area contributed by atoms with Crippen LogP contribution in [0, 0.1) is 5.92 Å². The molecule has 1 heterocycles. The number of carbonyl (C=O) groups is 2. The van der Waals surface area contributed by atoms with Crippen molar-refractivity contribution in [2.75, 3.05) is 18.4 Å². The lowest BCUT2D eigenvalue weighted by atomic mass is 9.94. The summed E-state index contributed by atoms with van der Waals surface area (Å²) in [4.78, 5) is 27.1. The van der Waals surface area contributed by atoms with Gasteiger partial charge < -0.3 is 10.6 Å². The number of halogens is 1. The molecule has 1 aliphatic rings. The number of rotatable bonds is 6. The molecule has 1 saturated heterocycles. The van der Waals surface area contributed by atoms with E-state index in [2.05, 4.69) is 31.5 Å². The van der Waals surface area contributed by atoms with E-state index in [0.717, 1.165) is 41.7 Å². The van der Waals surface area contributed by atoms with Crippen LogP contribution in [0.4, 0.5) is 5.69 Å². The van der Waals surface area contributed by atoms with E-state index >= 15 is 0 Å². The first-order valence-corrected chi connectivity index (χ1v) is 10.4. The van der Waals surface area contributed by atoms with E-state index in [1.54, 1.807) is 0 Å². The highest BCUT2D eigenvalue weighted by Crippen LogP contribution is 2.21. The van der Waals surface area contributed by atoms with E-state index in [1.807, 2.05) is 61.5 Å². The number of nitrogens with zero attached hydrogens (tertiary/aromatic N) is 1. The van der Waals surface area contributed by atoms with Gasteiger partial charge in [-0.2, -0.15) is 0 Å². The lowest BCUT2D eigenvalue weighted by Crippen LogP contribution is -2.48. The first kappa shape index (κ1) is 20.6. The summed E-state index contributed by atoms with van der Waals surface area (Å²) in [5.74, 6) is 0.0973. The highest BCUT2D eigenvalue weighted by Gasteiger charge is 2.29. The van der Waals surface area contributed by atoms with Crippen LogP contribution < -0.4 is 10.6 Å². The Labute approximate surface area is 174 Å². The predicted octanol–water partition coefficient (Wildman–Crippen LogP) is 3.80. The van der Waals surface area contributed by atoms with Gasteiger partial charge in [0.1, 0.15) is 0 Å². The Morgan fingerprint density at radius 1 is 1.11 bits per heavy atom. The summed E-state index contributed by atoms with van der Waals surface area (Å²) in [5.41, 5.74) is 1.88. The number of hydrogen-bond acceptors (Lipinski definition) is 3. The summed E-state index contributed by atoms with van der Waals surface area (Å²) < 4.78 is 0.931. The summed E-state index contributed by atoms with van der Waals surface area (Å²) in [7, 11) is 0. The fraction of sp³-hybridized carbons (Fsp3) is 0.364. The van der Waals surface area contributed by atoms with E-state index in [4.69, 9.17) is 0 Å². The van der Waals surface area contributed by atoms with Crippen molar-refractivity contribution in [3.63, 3.8) is 0 Å². The van der Waals surface area contributed by atoms with E-state index in [9.17, 15) is 9.59 Å². The van der Waals surface area contributed by atoms with Crippen LogP contribution >= 0.6 is 15.9 Å².